The molecular formula is C11H17NO5. The molecule has 0 aliphatic carbocycles. The van der Waals surface area contributed by atoms with Gasteiger partial charge in [0.1, 0.15) is 0 Å². The van der Waals surface area contributed by atoms with E-state index in [1.807, 2.05) is 6.92 Å². The molecule has 0 aliphatic rings. The van der Waals surface area contributed by atoms with Gasteiger partial charge in [0, 0.05) is 24.6 Å². The number of carbonyl (C=O) groups excluding carboxylic acids is 1. The number of carboxylic acids is 2. The number of rotatable bonds is 8. The molecule has 3 N–H and O–H groups in total. The first kappa shape index (κ1) is 15.2. The maximum Gasteiger partial charge on any atom is 0.331 e. The van der Waals surface area contributed by atoms with Crippen LogP contribution in [0, 0.1) is 0 Å². The van der Waals surface area contributed by atoms with E-state index in [1.165, 1.54) is 0 Å². The fraction of sp³-hybridized carbons (Fsp3) is 0.545. The van der Waals surface area contributed by atoms with Crippen LogP contribution < -0.4 is 5.32 Å². The van der Waals surface area contributed by atoms with Crippen molar-refractivity contribution in [2.75, 3.05) is 6.54 Å². The Bertz CT molecular complexity index is 322. The minimum Gasteiger partial charge on any atom is -0.478 e. The van der Waals surface area contributed by atoms with Crippen molar-refractivity contribution in [1.29, 1.82) is 0 Å². The number of aliphatic carboxylic acids is 2. The van der Waals surface area contributed by atoms with Crippen molar-refractivity contribution in [3.63, 3.8) is 0 Å². The zero-order valence-corrected chi connectivity index (χ0v) is 9.73. The lowest BCUT2D eigenvalue weighted by Crippen LogP contribution is -2.24. The smallest absolute Gasteiger partial charge is 0.331 e. The standard InChI is InChI=1S/C11H17NO5/c1-2-3-6-12-9(13)5-4-8(11(16)17)7-10(14)15/h7H,2-6H2,1H3,(H,12,13)(H,14,15)(H,16,17)/b8-7-. The zero-order valence-electron chi connectivity index (χ0n) is 9.73. The van der Waals surface area contributed by atoms with Crippen molar-refractivity contribution < 1.29 is 24.6 Å². The van der Waals surface area contributed by atoms with Gasteiger partial charge in [-0.3, -0.25) is 4.79 Å². The van der Waals surface area contributed by atoms with E-state index in [-0.39, 0.29) is 24.3 Å². The number of carboxylic acid groups (broad SMARTS) is 2. The predicted octanol–water partition coefficient (Wildman–Crippen LogP) is 0.778. The van der Waals surface area contributed by atoms with Crippen molar-refractivity contribution >= 4 is 17.8 Å². The first-order valence-corrected chi connectivity index (χ1v) is 5.40. The van der Waals surface area contributed by atoms with Crippen LogP contribution in [0.25, 0.3) is 0 Å². The van der Waals surface area contributed by atoms with E-state index in [0.29, 0.717) is 12.6 Å². The number of hydrogen-bond donors (Lipinski definition) is 3. The maximum atomic E-state index is 11.3. The molecule has 0 saturated carbocycles. The Hall–Kier alpha value is -1.85. The quantitative estimate of drug-likeness (QED) is 0.431. The van der Waals surface area contributed by atoms with E-state index >= 15 is 0 Å². The van der Waals surface area contributed by atoms with Crippen molar-refractivity contribution in [1.82, 2.24) is 5.32 Å². The summed E-state index contributed by atoms with van der Waals surface area (Å²) in [5.41, 5.74) is -0.275. The summed E-state index contributed by atoms with van der Waals surface area (Å²) < 4.78 is 0. The van der Waals surface area contributed by atoms with Crippen molar-refractivity contribution in [3.8, 4) is 0 Å². The maximum absolute atomic E-state index is 11.3. The molecule has 0 fully saturated rings. The molecule has 0 bridgehead atoms. The highest BCUT2D eigenvalue weighted by Crippen LogP contribution is 2.05. The van der Waals surface area contributed by atoms with Gasteiger partial charge in [-0.15, -0.1) is 0 Å². The van der Waals surface area contributed by atoms with Crippen LogP contribution in [0.3, 0.4) is 0 Å². The van der Waals surface area contributed by atoms with Crippen LogP contribution in [-0.2, 0) is 14.4 Å². The van der Waals surface area contributed by atoms with Gasteiger partial charge in [0.2, 0.25) is 5.91 Å². The number of amides is 1. The number of nitrogens with one attached hydrogen (secondary N) is 1. The van der Waals surface area contributed by atoms with E-state index in [9.17, 15) is 14.4 Å². The summed E-state index contributed by atoms with van der Waals surface area (Å²) in [6, 6.07) is 0. The Morgan fingerprint density at radius 1 is 1.18 bits per heavy atom. The van der Waals surface area contributed by atoms with Crippen LogP contribution in [-0.4, -0.2) is 34.6 Å². The molecule has 0 unspecified atom stereocenters. The first-order valence-electron chi connectivity index (χ1n) is 5.40. The van der Waals surface area contributed by atoms with Gasteiger partial charge in [-0.1, -0.05) is 13.3 Å². The monoisotopic (exact) mass is 243 g/mol. The molecule has 0 atom stereocenters. The summed E-state index contributed by atoms with van der Waals surface area (Å²) >= 11 is 0. The SMILES string of the molecule is CCCCNC(=O)CC/C(=C/C(=O)O)C(=O)O. The Morgan fingerprint density at radius 2 is 1.82 bits per heavy atom. The molecule has 0 radical (unpaired) electrons. The largest absolute Gasteiger partial charge is 0.478 e. The summed E-state index contributed by atoms with van der Waals surface area (Å²) in [6.45, 7) is 2.55. The second-order valence-electron chi connectivity index (χ2n) is 3.52. The summed E-state index contributed by atoms with van der Waals surface area (Å²) in [6.07, 6.45) is 2.33. The topological polar surface area (TPSA) is 104 Å². The fourth-order valence-electron chi connectivity index (χ4n) is 1.13. The Morgan fingerprint density at radius 3 is 2.29 bits per heavy atom. The van der Waals surface area contributed by atoms with Gasteiger partial charge in [0.15, 0.2) is 0 Å². The second-order valence-corrected chi connectivity index (χ2v) is 3.52. The molecule has 0 aliphatic heterocycles. The van der Waals surface area contributed by atoms with Gasteiger partial charge in [-0.25, -0.2) is 9.59 Å². The van der Waals surface area contributed by atoms with Gasteiger partial charge < -0.3 is 15.5 Å². The first-order chi connectivity index (χ1) is 7.97. The number of unbranched alkanes of at least 4 members (excludes halogenated alkanes) is 1. The van der Waals surface area contributed by atoms with Crippen LogP contribution >= 0.6 is 0 Å². The molecule has 6 nitrogen and oxygen atoms in total. The number of hydrogen-bond acceptors (Lipinski definition) is 3. The molecule has 0 aromatic heterocycles. The molecule has 1 amide bonds. The van der Waals surface area contributed by atoms with Gasteiger partial charge in [-0.05, 0) is 12.8 Å². The average Bonchev–Trinajstić information content (AvgIpc) is 2.23. The molecule has 0 rings (SSSR count). The summed E-state index contributed by atoms with van der Waals surface area (Å²) in [5.74, 6) is -2.90. The lowest BCUT2D eigenvalue weighted by molar-refractivity contribution is -0.135. The molecular weight excluding hydrogens is 226 g/mol. The molecule has 0 aromatic carbocycles. The van der Waals surface area contributed by atoms with E-state index in [0.717, 1.165) is 12.8 Å². The average molecular weight is 243 g/mol. The van der Waals surface area contributed by atoms with Gasteiger partial charge in [0.25, 0.3) is 0 Å². The van der Waals surface area contributed by atoms with E-state index in [4.69, 9.17) is 10.2 Å². The summed E-state index contributed by atoms with van der Waals surface area (Å²) in [7, 11) is 0. The molecule has 17 heavy (non-hydrogen) atoms. The van der Waals surface area contributed by atoms with Gasteiger partial charge in [-0.2, -0.15) is 0 Å². The minimum atomic E-state index is -1.33. The molecule has 0 heterocycles. The highest BCUT2D eigenvalue weighted by Gasteiger charge is 2.11. The van der Waals surface area contributed by atoms with E-state index in [1.54, 1.807) is 0 Å². The summed E-state index contributed by atoms with van der Waals surface area (Å²) in [5, 5.41) is 19.7. The Labute approximate surface area is 99.3 Å². The van der Waals surface area contributed by atoms with Crippen LogP contribution in [0.4, 0.5) is 0 Å². The van der Waals surface area contributed by atoms with Crippen molar-refractivity contribution in [2.45, 2.75) is 32.6 Å². The highest BCUT2D eigenvalue weighted by molar-refractivity contribution is 5.95. The van der Waals surface area contributed by atoms with Crippen molar-refractivity contribution in [3.05, 3.63) is 11.6 Å². The van der Waals surface area contributed by atoms with Crippen LogP contribution in [0.2, 0.25) is 0 Å². The Kier molecular flexibility index (Phi) is 7.41. The lowest BCUT2D eigenvalue weighted by atomic mass is 10.1. The molecule has 6 heteroatoms. The van der Waals surface area contributed by atoms with Gasteiger partial charge in [0.05, 0.1) is 0 Å². The fourth-order valence-corrected chi connectivity index (χ4v) is 1.13. The third kappa shape index (κ3) is 8.01. The van der Waals surface area contributed by atoms with Crippen LogP contribution in [0.1, 0.15) is 32.6 Å². The second kappa shape index (κ2) is 8.32. The zero-order chi connectivity index (χ0) is 13.3. The lowest BCUT2D eigenvalue weighted by Gasteiger charge is -2.04. The molecule has 0 spiro atoms. The van der Waals surface area contributed by atoms with E-state index in [2.05, 4.69) is 5.32 Å². The molecule has 96 valence electrons. The summed E-state index contributed by atoms with van der Waals surface area (Å²) in [4.78, 5) is 32.2. The van der Waals surface area contributed by atoms with E-state index < -0.39 is 11.9 Å². The molecule has 0 aromatic rings. The predicted molar refractivity (Wildman–Crippen MR) is 60.5 cm³/mol. The van der Waals surface area contributed by atoms with Crippen molar-refractivity contribution in [2.24, 2.45) is 0 Å². The third-order valence-corrected chi connectivity index (χ3v) is 2.05. The Balaban J connectivity index is 4.10. The third-order valence-electron chi connectivity index (χ3n) is 2.05. The van der Waals surface area contributed by atoms with Gasteiger partial charge >= 0.3 is 11.9 Å². The minimum absolute atomic E-state index is 0.0187. The number of carbonyl (C=O) groups is 3. The molecule has 0 saturated heterocycles. The van der Waals surface area contributed by atoms with Crippen LogP contribution in [0.5, 0.6) is 0 Å². The highest BCUT2D eigenvalue weighted by atomic mass is 16.4. The van der Waals surface area contributed by atoms with Crippen LogP contribution in [0.15, 0.2) is 11.6 Å². The normalized spacial score (nSPS) is 11.0.